The van der Waals surface area contributed by atoms with Crippen molar-refractivity contribution in [2.24, 2.45) is 5.92 Å². The number of pyridine rings is 1. The molecule has 0 atom stereocenters. The highest BCUT2D eigenvalue weighted by Crippen LogP contribution is 2.39. The summed E-state index contributed by atoms with van der Waals surface area (Å²) in [5.41, 5.74) is 3.42. The first kappa shape index (κ1) is 21.3. The molecule has 2 heterocycles. The summed E-state index contributed by atoms with van der Waals surface area (Å²) >= 11 is 0. The number of carbonyl (C=O) groups is 1. The Morgan fingerprint density at radius 1 is 1.12 bits per heavy atom. The first-order chi connectivity index (χ1) is 15.4. The number of H-pyrrole nitrogens is 1. The SMILES string of the molecule is CP(C)c1cc(C2CCC2)ccc1Nc1cc(NC(=O)C2CC2)nc2nc(C(F)F)[nH]c12. The molecular weight excluding hydrogens is 431 g/mol. The molecule has 0 bridgehead atoms. The van der Waals surface area contributed by atoms with Crippen LogP contribution < -0.4 is 15.9 Å². The van der Waals surface area contributed by atoms with Gasteiger partial charge in [-0.05, 0) is 67.9 Å². The van der Waals surface area contributed by atoms with Crippen molar-refractivity contribution in [3.05, 3.63) is 35.7 Å². The van der Waals surface area contributed by atoms with Crippen LogP contribution in [0.1, 0.15) is 55.8 Å². The van der Waals surface area contributed by atoms with Crippen molar-refractivity contribution in [3.8, 4) is 0 Å². The van der Waals surface area contributed by atoms with Crippen LogP contribution in [0.15, 0.2) is 24.3 Å². The maximum Gasteiger partial charge on any atom is 0.295 e. The van der Waals surface area contributed by atoms with E-state index in [4.69, 9.17) is 0 Å². The Hall–Kier alpha value is -2.60. The van der Waals surface area contributed by atoms with E-state index in [0.29, 0.717) is 22.9 Å². The van der Waals surface area contributed by atoms with E-state index in [-0.39, 0.29) is 17.5 Å². The van der Waals surface area contributed by atoms with Gasteiger partial charge in [-0.2, -0.15) is 0 Å². The monoisotopic (exact) mass is 457 g/mol. The van der Waals surface area contributed by atoms with Gasteiger partial charge >= 0.3 is 0 Å². The average Bonchev–Trinajstić information content (AvgIpc) is 3.46. The van der Waals surface area contributed by atoms with Crippen molar-refractivity contribution in [2.45, 2.75) is 44.4 Å². The van der Waals surface area contributed by atoms with Crippen molar-refractivity contribution in [3.63, 3.8) is 0 Å². The van der Waals surface area contributed by atoms with Crippen molar-refractivity contribution in [2.75, 3.05) is 24.0 Å². The smallest absolute Gasteiger partial charge is 0.295 e. The first-order valence-corrected chi connectivity index (χ1v) is 13.2. The molecule has 0 unspecified atom stereocenters. The number of nitrogens with zero attached hydrogens (tertiary/aromatic N) is 2. The summed E-state index contributed by atoms with van der Waals surface area (Å²) in [4.78, 5) is 23.2. The Balaban J connectivity index is 1.53. The standard InChI is InChI=1S/C23H26F2N5OP/c1-32(2)17-10-14(12-4-3-5-12)8-9-15(17)26-16-11-18(28-23(31)13-6-7-13)27-21-19(16)29-22(30-21)20(24)25/h8-13,20H,3-7H2,1-2H3,(H3,26,27,28,29,30,31). The number of alkyl halides is 2. The molecule has 0 spiro atoms. The normalized spacial score (nSPS) is 16.6. The van der Waals surface area contributed by atoms with Crippen molar-refractivity contribution >= 4 is 47.5 Å². The number of hydrogen-bond donors (Lipinski definition) is 3. The number of halogens is 2. The van der Waals surface area contributed by atoms with E-state index in [1.165, 1.54) is 30.1 Å². The van der Waals surface area contributed by atoms with Crippen LogP contribution in [0.25, 0.3) is 11.2 Å². The lowest BCUT2D eigenvalue weighted by molar-refractivity contribution is -0.117. The number of aromatic nitrogens is 3. The molecule has 1 amide bonds. The molecular formula is C23H26F2N5OP. The molecule has 5 rings (SSSR count). The lowest BCUT2D eigenvalue weighted by atomic mass is 9.80. The molecule has 3 aromatic rings. The van der Waals surface area contributed by atoms with E-state index < -0.39 is 20.2 Å². The van der Waals surface area contributed by atoms with Gasteiger partial charge in [0.15, 0.2) is 11.5 Å². The van der Waals surface area contributed by atoms with Crippen LogP contribution in [0, 0.1) is 5.92 Å². The number of hydrogen-bond acceptors (Lipinski definition) is 4. The molecule has 0 aliphatic heterocycles. The number of benzene rings is 1. The second-order valence-electron chi connectivity index (χ2n) is 8.86. The fourth-order valence-corrected chi connectivity index (χ4v) is 5.03. The number of aromatic amines is 1. The summed E-state index contributed by atoms with van der Waals surface area (Å²) in [7, 11) is -0.398. The third kappa shape index (κ3) is 4.20. The Bertz CT molecular complexity index is 1170. The molecule has 0 saturated heterocycles. The molecule has 2 aromatic heterocycles. The Morgan fingerprint density at radius 3 is 2.53 bits per heavy atom. The summed E-state index contributed by atoms with van der Waals surface area (Å²) in [6.07, 6.45) is 2.74. The van der Waals surface area contributed by atoms with Crippen LogP contribution >= 0.6 is 7.92 Å². The molecule has 0 radical (unpaired) electrons. The van der Waals surface area contributed by atoms with Gasteiger partial charge in [0.2, 0.25) is 5.91 Å². The van der Waals surface area contributed by atoms with Gasteiger partial charge in [0.1, 0.15) is 11.3 Å². The van der Waals surface area contributed by atoms with E-state index in [0.717, 1.165) is 18.5 Å². The molecule has 2 aliphatic carbocycles. The van der Waals surface area contributed by atoms with Crippen LogP contribution in [-0.4, -0.2) is 34.2 Å². The lowest BCUT2D eigenvalue weighted by Gasteiger charge is -2.27. The predicted octanol–water partition coefficient (Wildman–Crippen LogP) is 5.62. The minimum atomic E-state index is -2.74. The molecule has 2 saturated carbocycles. The van der Waals surface area contributed by atoms with Gasteiger partial charge in [0.05, 0.1) is 5.69 Å². The highest BCUT2D eigenvalue weighted by Gasteiger charge is 2.30. The third-order valence-electron chi connectivity index (χ3n) is 6.24. The van der Waals surface area contributed by atoms with Crippen molar-refractivity contribution in [1.82, 2.24) is 15.0 Å². The fraction of sp³-hybridized carbons (Fsp3) is 0.435. The van der Waals surface area contributed by atoms with E-state index in [1.807, 2.05) is 0 Å². The quantitative estimate of drug-likeness (QED) is 0.402. The van der Waals surface area contributed by atoms with E-state index >= 15 is 0 Å². The molecule has 1 aromatic carbocycles. The maximum atomic E-state index is 13.3. The molecule has 32 heavy (non-hydrogen) atoms. The van der Waals surface area contributed by atoms with Gasteiger partial charge in [-0.15, -0.1) is 0 Å². The predicted molar refractivity (Wildman–Crippen MR) is 125 cm³/mol. The maximum absolute atomic E-state index is 13.3. The number of imidazole rings is 1. The summed E-state index contributed by atoms with van der Waals surface area (Å²) in [5, 5.41) is 7.46. The van der Waals surface area contributed by atoms with E-state index in [1.54, 1.807) is 6.07 Å². The number of fused-ring (bicyclic) bond motifs is 1. The number of anilines is 3. The van der Waals surface area contributed by atoms with Gasteiger partial charge in [0, 0.05) is 17.7 Å². The average molecular weight is 457 g/mol. The highest BCUT2D eigenvalue weighted by atomic mass is 31.1. The van der Waals surface area contributed by atoms with Crippen LogP contribution in [-0.2, 0) is 4.79 Å². The third-order valence-corrected chi connectivity index (χ3v) is 7.57. The first-order valence-electron chi connectivity index (χ1n) is 11.0. The van der Waals surface area contributed by atoms with Crippen molar-refractivity contribution in [1.29, 1.82) is 0 Å². The molecule has 6 nitrogen and oxygen atoms in total. The van der Waals surface area contributed by atoms with Gasteiger partial charge in [-0.25, -0.2) is 18.7 Å². The summed E-state index contributed by atoms with van der Waals surface area (Å²) in [6.45, 7) is 4.41. The van der Waals surface area contributed by atoms with Gasteiger partial charge in [0.25, 0.3) is 6.43 Å². The Kier molecular flexibility index (Phi) is 5.58. The van der Waals surface area contributed by atoms with Gasteiger partial charge in [-0.3, -0.25) is 4.79 Å². The lowest BCUT2D eigenvalue weighted by Crippen LogP contribution is -2.15. The van der Waals surface area contributed by atoms with Crippen LogP contribution in [0.2, 0.25) is 0 Å². The molecule has 3 N–H and O–H groups in total. The van der Waals surface area contributed by atoms with Crippen LogP contribution in [0.3, 0.4) is 0 Å². The second kappa shape index (κ2) is 8.39. The Morgan fingerprint density at radius 2 is 1.91 bits per heavy atom. The topological polar surface area (TPSA) is 82.7 Å². The zero-order valence-electron chi connectivity index (χ0n) is 18.1. The Labute approximate surface area is 186 Å². The number of amides is 1. The van der Waals surface area contributed by atoms with E-state index in [9.17, 15) is 13.6 Å². The highest BCUT2D eigenvalue weighted by molar-refractivity contribution is 7.64. The summed E-state index contributed by atoms with van der Waals surface area (Å²) in [5.74, 6) is 0.427. The van der Waals surface area contributed by atoms with Crippen LogP contribution in [0.5, 0.6) is 0 Å². The summed E-state index contributed by atoms with van der Waals surface area (Å²) < 4.78 is 26.6. The largest absolute Gasteiger partial charge is 0.353 e. The second-order valence-corrected chi connectivity index (χ2v) is 11.1. The number of carbonyl (C=O) groups excluding carboxylic acids is 1. The molecule has 2 aliphatic rings. The minimum Gasteiger partial charge on any atom is -0.353 e. The number of rotatable bonds is 7. The van der Waals surface area contributed by atoms with Gasteiger partial charge in [-0.1, -0.05) is 20.4 Å². The van der Waals surface area contributed by atoms with Crippen molar-refractivity contribution < 1.29 is 13.6 Å². The molecule has 168 valence electrons. The zero-order chi connectivity index (χ0) is 22.4. The molecule has 9 heteroatoms. The van der Waals surface area contributed by atoms with E-state index in [2.05, 4.69) is 57.1 Å². The van der Waals surface area contributed by atoms with Crippen LogP contribution in [0.4, 0.5) is 26.0 Å². The minimum absolute atomic E-state index is 0.00843. The molecule has 2 fully saturated rings. The van der Waals surface area contributed by atoms with Gasteiger partial charge < -0.3 is 15.6 Å². The summed E-state index contributed by atoms with van der Waals surface area (Å²) in [6, 6.07) is 8.20. The fourth-order valence-electron chi connectivity index (χ4n) is 4.01. The zero-order valence-corrected chi connectivity index (χ0v) is 19.0. The number of nitrogens with one attached hydrogen (secondary N) is 3.